The number of amides is 1. The first-order chi connectivity index (χ1) is 10.6. The molecule has 3 rings (SSSR count). The van der Waals surface area contributed by atoms with Gasteiger partial charge in [-0.05, 0) is 32.0 Å². The van der Waals surface area contributed by atoms with E-state index in [-0.39, 0.29) is 11.5 Å². The number of fused-ring (bicyclic) bond motifs is 1. The fourth-order valence-corrected chi connectivity index (χ4v) is 3.50. The van der Waals surface area contributed by atoms with Gasteiger partial charge in [-0.1, -0.05) is 0 Å². The summed E-state index contributed by atoms with van der Waals surface area (Å²) in [4.78, 5) is 25.8. The van der Waals surface area contributed by atoms with E-state index in [0.717, 1.165) is 9.58 Å². The first kappa shape index (κ1) is 14.6. The quantitative estimate of drug-likeness (QED) is 0.805. The van der Waals surface area contributed by atoms with Crippen LogP contribution in [0.25, 0.3) is 10.1 Å². The summed E-state index contributed by atoms with van der Waals surface area (Å²) < 4.78 is 7.65. The van der Waals surface area contributed by atoms with Gasteiger partial charge in [0, 0.05) is 22.3 Å². The number of nitrogens with one attached hydrogen (secondary N) is 1. The zero-order valence-electron chi connectivity index (χ0n) is 12.4. The van der Waals surface area contributed by atoms with Crippen LogP contribution in [-0.2, 0) is 13.1 Å². The second-order valence-corrected chi connectivity index (χ2v) is 6.20. The normalized spacial score (nSPS) is 11.0. The van der Waals surface area contributed by atoms with Gasteiger partial charge >= 0.3 is 0 Å². The molecule has 0 aromatic carbocycles. The average molecular weight is 316 g/mol. The number of rotatable bonds is 4. The molecule has 0 radical (unpaired) electrons. The van der Waals surface area contributed by atoms with Crippen LogP contribution in [0.1, 0.15) is 27.9 Å². The maximum absolute atomic E-state index is 12.5. The Kier molecular flexibility index (Phi) is 3.85. The van der Waals surface area contributed by atoms with E-state index in [4.69, 9.17) is 4.42 Å². The Hall–Kier alpha value is -2.34. The van der Waals surface area contributed by atoms with Gasteiger partial charge in [-0.25, -0.2) is 0 Å². The summed E-state index contributed by atoms with van der Waals surface area (Å²) in [6, 6.07) is 5.46. The minimum absolute atomic E-state index is 0.118. The number of thiophene rings is 1. The van der Waals surface area contributed by atoms with Crippen LogP contribution in [0, 0.1) is 6.92 Å². The van der Waals surface area contributed by atoms with Gasteiger partial charge in [-0.2, -0.15) is 0 Å². The Bertz CT molecular complexity index is 875. The highest BCUT2D eigenvalue weighted by molar-refractivity contribution is 7.19. The standard InChI is InChI=1S/C16H16N2O3S/c1-3-18-7-6-12-14(16(18)20)13(10(2)22-12)15(19)17-9-11-5-4-8-21-11/h4-8H,3,9H2,1-2H3,(H,17,19). The van der Waals surface area contributed by atoms with Gasteiger partial charge in [0.25, 0.3) is 11.5 Å². The Morgan fingerprint density at radius 3 is 2.91 bits per heavy atom. The molecule has 114 valence electrons. The Labute approximate surface area is 131 Å². The van der Waals surface area contributed by atoms with Gasteiger partial charge in [0.15, 0.2) is 0 Å². The molecule has 0 atom stereocenters. The topological polar surface area (TPSA) is 64.2 Å². The van der Waals surface area contributed by atoms with Gasteiger partial charge in [0.05, 0.1) is 23.8 Å². The van der Waals surface area contributed by atoms with E-state index in [9.17, 15) is 9.59 Å². The average Bonchev–Trinajstić information content (AvgIpc) is 3.12. The molecule has 0 aliphatic carbocycles. The third-order valence-electron chi connectivity index (χ3n) is 3.56. The van der Waals surface area contributed by atoms with Crippen molar-refractivity contribution in [3.63, 3.8) is 0 Å². The fraction of sp³-hybridized carbons (Fsp3) is 0.250. The van der Waals surface area contributed by atoms with Crippen molar-refractivity contribution >= 4 is 27.3 Å². The van der Waals surface area contributed by atoms with E-state index in [1.807, 2.05) is 19.9 Å². The van der Waals surface area contributed by atoms with E-state index < -0.39 is 0 Å². The molecule has 5 nitrogen and oxygen atoms in total. The van der Waals surface area contributed by atoms with E-state index in [0.29, 0.717) is 29.8 Å². The molecule has 0 aliphatic rings. The summed E-state index contributed by atoms with van der Waals surface area (Å²) in [5.74, 6) is 0.433. The molecule has 3 aromatic rings. The Morgan fingerprint density at radius 2 is 2.23 bits per heavy atom. The summed E-state index contributed by atoms with van der Waals surface area (Å²) in [5, 5.41) is 3.31. The third-order valence-corrected chi connectivity index (χ3v) is 4.63. The van der Waals surface area contributed by atoms with Crippen LogP contribution in [0.4, 0.5) is 0 Å². The van der Waals surface area contributed by atoms with E-state index in [1.165, 1.54) is 11.3 Å². The van der Waals surface area contributed by atoms with Gasteiger partial charge in [0.2, 0.25) is 0 Å². The zero-order chi connectivity index (χ0) is 15.7. The first-order valence-electron chi connectivity index (χ1n) is 7.05. The second-order valence-electron chi connectivity index (χ2n) is 4.94. The lowest BCUT2D eigenvalue weighted by molar-refractivity contribution is 0.0949. The summed E-state index contributed by atoms with van der Waals surface area (Å²) in [7, 11) is 0. The van der Waals surface area contributed by atoms with Gasteiger partial charge in [-0.15, -0.1) is 11.3 Å². The van der Waals surface area contributed by atoms with Crippen molar-refractivity contribution in [3.8, 4) is 0 Å². The van der Waals surface area contributed by atoms with Crippen molar-refractivity contribution in [2.24, 2.45) is 0 Å². The lowest BCUT2D eigenvalue weighted by Crippen LogP contribution is -2.26. The number of hydrogen-bond acceptors (Lipinski definition) is 4. The first-order valence-corrected chi connectivity index (χ1v) is 7.86. The molecule has 0 saturated heterocycles. The molecular formula is C16H16N2O3S. The van der Waals surface area contributed by atoms with Crippen molar-refractivity contribution in [3.05, 3.63) is 57.2 Å². The molecule has 1 N–H and O–H groups in total. The lowest BCUT2D eigenvalue weighted by atomic mass is 10.1. The highest BCUT2D eigenvalue weighted by Gasteiger charge is 2.19. The van der Waals surface area contributed by atoms with Crippen molar-refractivity contribution in [2.45, 2.75) is 26.9 Å². The number of aromatic nitrogens is 1. The summed E-state index contributed by atoms with van der Waals surface area (Å²) in [6.45, 7) is 4.65. The molecule has 6 heteroatoms. The summed E-state index contributed by atoms with van der Waals surface area (Å²) in [6.07, 6.45) is 3.33. The second kappa shape index (κ2) is 5.81. The minimum Gasteiger partial charge on any atom is -0.467 e. The predicted molar refractivity (Wildman–Crippen MR) is 86.4 cm³/mol. The van der Waals surface area contributed by atoms with Crippen LogP contribution >= 0.6 is 11.3 Å². The van der Waals surface area contributed by atoms with Crippen LogP contribution in [0.3, 0.4) is 0 Å². The van der Waals surface area contributed by atoms with Crippen LogP contribution in [0.2, 0.25) is 0 Å². The number of furan rings is 1. The predicted octanol–water partition coefficient (Wildman–Crippen LogP) is 2.91. The molecule has 0 unspecified atom stereocenters. The largest absolute Gasteiger partial charge is 0.467 e. The number of hydrogen-bond donors (Lipinski definition) is 1. The molecule has 1 amide bonds. The molecule has 0 saturated carbocycles. The van der Waals surface area contributed by atoms with E-state index >= 15 is 0 Å². The van der Waals surface area contributed by atoms with Gasteiger partial charge < -0.3 is 14.3 Å². The highest BCUT2D eigenvalue weighted by atomic mass is 32.1. The Morgan fingerprint density at radius 1 is 1.41 bits per heavy atom. The SMILES string of the molecule is CCn1ccc2sc(C)c(C(=O)NCc3ccco3)c2c1=O. The number of aryl methyl sites for hydroxylation is 2. The lowest BCUT2D eigenvalue weighted by Gasteiger charge is -2.05. The van der Waals surface area contributed by atoms with E-state index in [1.54, 1.807) is 29.2 Å². The Balaban J connectivity index is 2.00. The molecule has 22 heavy (non-hydrogen) atoms. The molecular weight excluding hydrogens is 300 g/mol. The molecule has 0 spiro atoms. The van der Waals surface area contributed by atoms with Crippen LogP contribution in [0.15, 0.2) is 39.9 Å². The van der Waals surface area contributed by atoms with Crippen molar-refractivity contribution in [1.29, 1.82) is 0 Å². The molecule has 3 aromatic heterocycles. The molecule has 0 aliphatic heterocycles. The summed E-state index contributed by atoms with van der Waals surface area (Å²) >= 11 is 1.47. The monoisotopic (exact) mass is 316 g/mol. The minimum atomic E-state index is -0.244. The maximum atomic E-state index is 12.5. The van der Waals surface area contributed by atoms with Crippen LogP contribution in [0.5, 0.6) is 0 Å². The fourth-order valence-electron chi connectivity index (χ4n) is 2.46. The van der Waals surface area contributed by atoms with Gasteiger partial charge in [-0.3, -0.25) is 9.59 Å². The number of carbonyl (C=O) groups is 1. The summed E-state index contributed by atoms with van der Waals surface area (Å²) in [5.41, 5.74) is 0.354. The van der Waals surface area contributed by atoms with Crippen LogP contribution in [-0.4, -0.2) is 10.5 Å². The molecule has 3 heterocycles. The smallest absolute Gasteiger partial charge is 0.260 e. The number of carbonyl (C=O) groups excluding carboxylic acids is 1. The van der Waals surface area contributed by atoms with E-state index in [2.05, 4.69) is 5.32 Å². The van der Waals surface area contributed by atoms with Crippen molar-refractivity contribution in [2.75, 3.05) is 0 Å². The number of nitrogens with zero attached hydrogens (tertiary/aromatic N) is 1. The zero-order valence-corrected chi connectivity index (χ0v) is 13.2. The van der Waals surface area contributed by atoms with Crippen LogP contribution < -0.4 is 10.9 Å². The van der Waals surface area contributed by atoms with Crippen molar-refractivity contribution < 1.29 is 9.21 Å². The third kappa shape index (κ3) is 2.46. The molecule has 0 bridgehead atoms. The number of pyridine rings is 1. The van der Waals surface area contributed by atoms with Gasteiger partial charge in [0.1, 0.15) is 5.76 Å². The molecule has 0 fully saturated rings. The highest BCUT2D eigenvalue weighted by Crippen LogP contribution is 2.28. The maximum Gasteiger partial charge on any atom is 0.260 e. The van der Waals surface area contributed by atoms with Crippen molar-refractivity contribution in [1.82, 2.24) is 9.88 Å².